The van der Waals surface area contributed by atoms with Crippen LogP contribution in [0.4, 0.5) is 0 Å². The van der Waals surface area contributed by atoms with Gasteiger partial charge in [0.2, 0.25) is 11.8 Å². The van der Waals surface area contributed by atoms with E-state index in [1.54, 1.807) is 6.92 Å². The van der Waals surface area contributed by atoms with Crippen molar-refractivity contribution in [3.8, 4) is 0 Å². The van der Waals surface area contributed by atoms with Gasteiger partial charge in [-0.25, -0.2) is 0 Å². The molecule has 1 aromatic heterocycles. The molecule has 0 N–H and O–H groups in total. The van der Waals surface area contributed by atoms with E-state index >= 15 is 0 Å². The van der Waals surface area contributed by atoms with E-state index in [1.807, 2.05) is 23.4 Å². The van der Waals surface area contributed by atoms with Gasteiger partial charge in [-0.05, 0) is 63.7 Å². The summed E-state index contributed by atoms with van der Waals surface area (Å²) >= 11 is 0. The van der Waals surface area contributed by atoms with Crippen LogP contribution in [0.5, 0.6) is 0 Å². The van der Waals surface area contributed by atoms with Gasteiger partial charge >= 0.3 is 0 Å². The van der Waals surface area contributed by atoms with Crippen molar-refractivity contribution < 1.29 is 9.59 Å². The van der Waals surface area contributed by atoms with Gasteiger partial charge in [-0.15, -0.1) is 0 Å². The molecule has 0 aromatic carbocycles. The molecule has 6 heteroatoms. The van der Waals surface area contributed by atoms with Crippen molar-refractivity contribution in [2.45, 2.75) is 58.0 Å². The van der Waals surface area contributed by atoms with Crippen LogP contribution in [0.2, 0.25) is 0 Å². The molecule has 6 nitrogen and oxygen atoms in total. The molecular weight excluding hydrogens is 352 g/mol. The monoisotopic (exact) mass is 384 g/mol. The van der Waals surface area contributed by atoms with Crippen LogP contribution in [0.15, 0.2) is 24.5 Å². The highest BCUT2D eigenvalue weighted by molar-refractivity contribution is 5.86. The van der Waals surface area contributed by atoms with Crippen molar-refractivity contribution in [3.05, 3.63) is 30.1 Å². The third-order valence-corrected chi connectivity index (χ3v) is 7.34. The molecule has 3 fully saturated rings. The van der Waals surface area contributed by atoms with Crippen LogP contribution >= 0.6 is 0 Å². The van der Waals surface area contributed by atoms with Gasteiger partial charge in [0.25, 0.3) is 0 Å². The summed E-state index contributed by atoms with van der Waals surface area (Å²) in [6.07, 6.45) is 8.45. The molecule has 0 unspecified atom stereocenters. The van der Waals surface area contributed by atoms with Crippen LogP contribution < -0.4 is 0 Å². The first-order valence-corrected chi connectivity index (χ1v) is 10.7. The zero-order chi connectivity index (χ0) is 19.8. The summed E-state index contributed by atoms with van der Waals surface area (Å²) < 4.78 is 0. The minimum atomic E-state index is -0.195. The lowest BCUT2D eigenvalue weighted by atomic mass is 9.71. The minimum absolute atomic E-state index is 0.0384. The molecule has 28 heavy (non-hydrogen) atoms. The first-order valence-electron chi connectivity index (χ1n) is 10.7. The Balaban J connectivity index is 1.44. The standard InChI is InChI=1S/C22H32N4O2/c1-3-26-20(28)21(17-22(26)8-13-25(14-9-22)18(2)27)6-11-24(12-7-21)16-19-5-4-10-23-15-19/h4-5,10,15H,3,6-9,11-14,16-17H2,1-2H3. The van der Waals surface area contributed by atoms with E-state index in [9.17, 15) is 9.59 Å². The van der Waals surface area contributed by atoms with Gasteiger partial charge in [0, 0.05) is 51.0 Å². The minimum Gasteiger partial charge on any atom is -0.343 e. The van der Waals surface area contributed by atoms with Gasteiger partial charge in [0.15, 0.2) is 0 Å². The summed E-state index contributed by atoms with van der Waals surface area (Å²) in [6, 6.07) is 4.10. The number of rotatable bonds is 3. The molecule has 1 aromatic rings. The molecule has 3 saturated heterocycles. The van der Waals surface area contributed by atoms with Gasteiger partial charge in [0.05, 0.1) is 5.41 Å². The highest BCUT2D eigenvalue weighted by Crippen LogP contribution is 2.52. The fourth-order valence-electron chi connectivity index (χ4n) is 5.75. The third kappa shape index (κ3) is 3.32. The zero-order valence-electron chi connectivity index (χ0n) is 17.2. The molecule has 0 aliphatic carbocycles. The Kier molecular flexibility index (Phi) is 5.17. The normalized spacial score (nSPS) is 24.3. The van der Waals surface area contributed by atoms with Gasteiger partial charge < -0.3 is 9.80 Å². The van der Waals surface area contributed by atoms with E-state index < -0.39 is 0 Å². The van der Waals surface area contributed by atoms with Gasteiger partial charge in [-0.1, -0.05) is 6.07 Å². The highest BCUT2D eigenvalue weighted by atomic mass is 16.2. The van der Waals surface area contributed by atoms with Crippen LogP contribution in [0.25, 0.3) is 0 Å². The number of carbonyl (C=O) groups is 2. The van der Waals surface area contributed by atoms with Crippen LogP contribution in [0.1, 0.15) is 51.5 Å². The average molecular weight is 385 g/mol. The first-order chi connectivity index (χ1) is 13.5. The number of aromatic nitrogens is 1. The maximum absolute atomic E-state index is 13.5. The quantitative estimate of drug-likeness (QED) is 0.802. The Hall–Kier alpha value is -1.95. The molecule has 0 radical (unpaired) electrons. The SMILES string of the molecule is CCN1C(=O)C2(CCN(Cc3cccnc3)CC2)CC12CCN(C(C)=O)CC2. The predicted octanol–water partition coefficient (Wildman–Crippen LogP) is 2.30. The van der Waals surface area contributed by atoms with Crippen LogP contribution in [0.3, 0.4) is 0 Å². The number of pyridine rings is 1. The number of piperidine rings is 2. The summed E-state index contributed by atoms with van der Waals surface area (Å²) in [6.45, 7) is 8.93. The van der Waals surface area contributed by atoms with E-state index in [1.165, 1.54) is 5.56 Å². The van der Waals surface area contributed by atoms with Crippen molar-refractivity contribution in [1.29, 1.82) is 0 Å². The largest absolute Gasteiger partial charge is 0.343 e. The number of hydrogen-bond acceptors (Lipinski definition) is 4. The fraction of sp³-hybridized carbons (Fsp3) is 0.682. The molecule has 4 rings (SSSR count). The molecular formula is C22H32N4O2. The Labute approximate surface area is 167 Å². The van der Waals surface area contributed by atoms with E-state index in [4.69, 9.17) is 0 Å². The Morgan fingerprint density at radius 3 is 2.43 bits per heavy atom. The molecule has 2 spiro atoms. The van der Waals surface area contributed by atoms with E-state index in [0.717, 1.165) is 71.4 Å². The summed E-state index contributed by atoms with van der Waals surface area (Å²) in [5.74, 6) is 0.521. The van der Waals surface area contributed by atoms with Gasteiger partial charge in [-0.3, -0.25) is 19.5 Å². The van der Waals surface area contributed by atoms with Crippen molar-refractivity contribution in [1.82, 2.24) is 19.7 Å². The summed E-state index contributed by atoms with van der Waals surface area (Å²) in [5.41, 5.74) is 1.00. The number of carbonyl (C=O) groups excluding carboxylic acids is 2. The van der Waals surface area contributed by atoms with Crippen LogP contribution in [-0.2, 0) is 16.1 Å². The van der Waals surface area contributed by atoms with Crippen LogP contribution in [0, 0.1) is 5.41 Å². The molecule has 3 aliphatic heterocycles. The van der Waals surface area contributed by atoms with E-state index in [2.05, 4.69) is 27.8 Å². The second kappa shape index (κ2) is 7.47. The second-order valence-electron chi connectivity index (χ2n) is 8.87. The first kappa shape index (κ1) is 19.4. The maximum atomic E-state index is 13.5. The Bertz CT molecular complexity index is 719. The summed E-state index contributed by atoms with van der Waals surface area (Å²) in [7, 11) is 0. The molecule has 0 saturated carbocycles. The fourth-order valence-corrected chi connectivity index (χ4v) is 5.75. The lowest BCUT2D eigenvalue weighted by Gasteiger charge is -2.44. The topological polar surface area (TPSA) is 56.8 Å². The highest BCUT2D eigenvalue weighted by Gasteiger charge is 2.59. The molecule has 3 aliphatic rings. The van der Waals surface area contributed by atoms with Crippen molar-refractivity contribution in [3.63, 3.8) is 0 Å². The maximum Gasteiger partial charge on any atom is 0.229 e. The number of hydrogen-bond donors (Lipinski definition) is 0. The third-order valence-electron chi connectivity index (χ3n) is 7.34. The van der Waals surface area contributed by atoms with Crippen molar-refractivity contribution in [2.24, 2.45) is 5.41 Å². The summed E-state index contributed by atoms with van der Waals surface area (Å²) in [5, 5.41) is 0. The molecule has 2 amide bonds. The molecule has 152 valence electrons. The Morgan fingerprint density at radius 2 is 1.86 bits per heavy atom. The molecule has 0 bridgehead atoms. The van der Waals surface area contributed by atoms with E-state index in [-0.39, 0.29) is 16.9 Å². The number of nitrogens with zero attached hydrogens (tertiary/aromatic N) is 4. The average Bonchev–Trinajstić information content (AvgIpc) is 2.92. The number of likely N-dealkylation sites (tertiary alicyclic amines) is 3. The lowest BCUT2D eigenvalue weighted by molar-refractivity contribution is -0.141. The number of amides is 2. The van der Waals surface area contributed by atoms with Crippen molar-refractivity contribution >= 4 is 11.8 Å². The van der Waals surface area contributed by atoms with Crippen LogP contribution in [-0.4, -0.2) is 69.8 Å². The van der Waals surface area contributed by atoms with Gasteiger partial charge in [0.1, 0.15) is 0 Å². The van der Waals surface area contributed by atoms with E-state index in [0.29, 0.717) is 5.91 Å². The smallest absolute Gasteiger partial charge is 0.229 e. The van der Waals surface area contributed by atoms with Gasteiger partial charge in [-0.2, -0.15) is 0 Å². The Morgan fingerprint density at radius 1 is 1.14 bits per heavy atom. The predicted molar refractivity (Wildman–Crippen MR) is 107 cm³/mol. The lowest BCUT2D eigenvalue weighted by Crippen LogP contribution is -2.53. The summed E-state index contributed by atoms with van der Waals surface area (Å²) in [4.78, 5) is 36.0. The second-order valence-corrected chi connectivity index (χ2v) is 8.87. The molecule has 4 heterocycles. The zero-order valence-corrected chi connectivity index (χ0v) is 17.2. The van der Waals surface area contributed by atoms with Crippen molar-refractivity contribution in [2.75, 3.05) is 32.7 Å². The molecule has 0 atom stereocenters.